The first kappa shape index (κ1) is 26.9. The van der Waals surface area contributed by atoms with Crippen molar-refractivity contribution in [1.82, 2.24) is 20.4 Å². The van der Waals surface area contributed by atoms with Gasteiger partial charge in [-0.3, -0.25) is 9.69 Å². The Bertz CT molecular complexity index is 1130. The number of rotatable bonds is 10. The topological polar surface area (TPSA) is 50.9 Å². The Labute approximate surface area is 231 Å². The predicted molar refractivity (Wildman–Crippen MR) is 159 cm³/mol. The molecule has 6 nitrogen and oxygen atoms in total. The first-order chi connectivity index (χ1) is 18.6. The van der Waals surface area contributed by atoms with E-state index in [0.717, 1.165) is 68.5 Å². The molecule has 2 saturated heterocycles. The van der Waals surface area contributed by atoms with Crippen LogP contribution in [0.1, 0.15) is 34.5 Å². The quantitative estimate of drug-likeness (QED) is 0.376. The molecule has 0 spiro atoms. The van der Waals surface area contributed by atoms with Gasteiger partial charge in [0.2, 0.25) is 0 Å². The van der Waals surface area contributed by atoms with Gasteiger partial charge in [-0.2, -0.15) is 0 Å². The van der Waals surface area contributed by atoms with Crippen molar-refractivity contribution >= 4 is 22.9 Å². The molecular formula is C31H41N5OS. The highest BCUT2D eigenvalue weighted by atomic mass is 32.1. The van der Waals surface area contributed by atoms with Crippen molar-refractivity contribution in [2.24, 2.45) is 0 Å². The molecule has 0 atom stereocenters. The third kappa shape index (κ3) is 7.44. The number of benzene rings is 2. The molecule has 0 bridgehead atoms. The molecule has 2 aliphatic heterocycles. The van der Waals surface area contributed by atoms with E-state index in [4.69, 9.17) is 0 Å². The van der Waals surface area contributed by atoms with Crippen LogP contribution in [0.25, 0.3) is 10.4 Å². The smallest absolute Gasteiger partial charge is 0.261 e. The van der Waals surface area contributed by atoms with Crippen LogP contribution >= 0.6 is 11.3 Å². The average Bonchev–Trinajstić information content (AvgIpc) is 3.45. The molecule has 2 N–H and O–H groups in total. The van der Waals surface area contributed by atoms with E-state index >= 15 is 0 Å². The summed E-state index contributed by atoms with van der Waals surface area (Å²) in [5.41, 5.74) is 3.85. The van der Waals surface area contributed by atoms with Gasteiger partial charge in [0.25, 0.3) is 5.91 Å². The molecular weight excluding hydrogens is 490 g/mol. The van der Waals surface area contributed by atoms with Crippen LogP contribution in [-0.2, 0) is 6.54 Å². The van der Waals surface area contributed by atoms with Crippen LogP contribution in [0.15, 0.2) is 66.7 Å². The number of carbonyl (C=O) groups excluding carboxylic acids is 1. The van der Waals surface area contributed by atoms with Crippen molar-refractivity contribution in [1.29, 1.82) is 0 Å². The second-order valence-electron chi connectivity index (χ2n) is 10.6. The van der Waals surface area contributed by atoms with E-state index < -0.39 is 0 Å². The number of thiophene rings is 1. The van der Waals surface area contributed by atoms with Crippen LogP contribution in [0, 0.1) is 0 Å². The van der Waals surface area contributed by atoms with Gasteiger partial charge in [-0.25, -0.2) is 0 Å². The van der Waals surface area contributed by atoms with Gasteiger partial charge >= 0.3 is 0 Å². The molecule has 7 heteroatoms. The zero-order valence-corrected chi connectivity index (χ0v) is 23.4. The van der Waals surface area contributed by atoms with E-state index in [1.54, 1.807) is 11.3 Å². The zero-order valence-electron chi connectivity index (χ0n) is 22.6. The predicted octanol–water partition coefficient (Wildman–Crippen LogP) is 4.54. The first-order valence-corrected chi connectivity index (χ1v) is 14.9. The van der Waals surface area contributed by atoms with Crippen LogP contribution in [0.3, 0.4) is 0 Å². The van der Waals surface area contributed by atoms with E-state index in [9.17, 15) is 4.79 Å². The van der Waals surface area contributed by atoms with Crippen molar-refractivity contribution in [3.05, 3.63) is 77.2 Å². The van der Waals surface area contributed by atoms with Crippen LogP contribution in [-0.4, -0.2) is 81.2 Å². The summed E-state index contributed by atoms with van der Waals surface area (Å²) >= 11 is 1.57. The lowest BCUT2D eigenvalue weighted by atomic mass is 10.0. The molecule has 38 heavy (non-hydrogen) atoms. The van der Waals surface area contributed by atoms with Crippen molar-refractivity contribution in [2.45, 2.75) is 31.8 Å². The molecule has 5 rings (SSSR count). The van der Waals surface area contributed by atoms with E-state index in [1.165, 1.54) is 29.7 Å². The second-order valence-corrected chi connectivity index (χ2v) is 11.7. The third-order valence-electron chi connectivity index (χ3n) is 7.76. The van der Waals surface area contributed by atoms with Crippen molar-refractivity contribution < 1.29 is 4.79 Å². The summed E-state index contributed by atoms with van der Waals surface area (Å²) in [6.07, 6.45) is 3.32. The number of carbonyl (C=O) groups is 1. The molecule has 2 fully saturated rings. The number of piperazine rings is 1. The minimum absolute atomic E-state index is 0.0320. The first-order valence-electron chi connectivity index (χ1n) is 14.1. The fraction of sp³-hybridized carbons (Fsp3) is 0.452. The molecule has 2 aliphatic rings. The Kier molecular flexibility index (Phi) is 9.47. The number of nitrogens with zero attached hydrogens (tertiary/aromatic N) is 3. The zero-order chi connectivity index (χ0) is 26.2. The summed E-state index contributed by atoms with van der Waals surface area (Å²) in [5.74, 6) is 0.0320. The minimum Gasteiger partial charge on any atom is -0.369 e. The lowest BCUT2D eigenvalue weighted by Crippen LogP contribution is -2.44. The Balaban J connectivity index is 0.985. The number of likely N-dealkylation sites (N-methyl/N-ethyl adjacent to an activating group) is 1. The van der Waals surface area contributed by atoms with Crippen molar-refractivity contribution in [2.75, 3.05) is 64.3 Å². The number of amides is 1. The number of anilines is 1. The van der Waals surface area contributed by atoms with Gasteiger partial charge in [0.05, 0.1) is 4.88 Å². The number of hydrogen-bond acceptors (Lipinski definition) is 6. The molecule has 0 radical (unpaired) electrons. The van der Waals surface area contributed by atoms with Gasteiger partial charge in [-0.15, -0.1) is 11.3 Å². The van der Waals surface area contributed by atoms with Gasteiger partial charge in [-0.05, 0) is 81.3 Å². The van der Waals surface area contributed by atoms with Crippen molar-refractivity contribution in [3.8, 4) is 10.4 Å². The monoisotopic (exact) mass is 531 g/mol. The molecule has 0 aliphatic carbocycles. The number of piperidine rings is 1. The van der Waals surface area contributed by atoms with E-state index in [0.29, 0.717) is 12.6 Å². The van der Waals surface area contributed by atoms with Gasteiger partial charge in [0, 0.05) is 55.9 Å². The van der Waals surface area contributed by atoms with Gasteiger partial charge in [0.15, 0.2) is 0 Å². The van der Waals surface area contributed by atoms with Gasteiger partial charge in [-0.1, -0.05) is 42.5 Å². The molecule has 1 amide bonds. The third-order valence-corrected chi connectivity index (χ3v) is 8.89. The summed E-state index contributed by atoms with van der Waals surface area (Å²) in [6.45, 7) is 9.33. The van der Waals surface area contributed by atoms with E-state index in [-0.39, 0.29) is 5.91 Å². The Morgan fingerprint density at radius 3 is 2.34 bits per heavy atom. The summed E-state index contributed by atoms with van der Waals surface area (Å²) in [5, 5.41) is 6.80. The van der Waals surface area contributed by atoms with Crippen LogP contribution in [0.5, 0.6) is 0 Å². The summed E-state index contributed by atoms with van der Waals surface area (Å²) in [7, 11) is 2.18. The summed E-state index contributed by atoms with van der Waals surface area (Å²) < 4.78 is 0. The fourth-order valence-corrected chi connectivity index (χ4v) is 6.26. The van der Waals surface area contributed by atoms with Crippen LogP contribution in [0.4, 0.5) is 5.69 Å². The van der Waals surface area contributed by atoms with E-state index in [2.05, 4.69) is 93.0 Å². The largest absolute Gasteiger partial charge is 0.369 e. The number of hydrogen-bond donors (Lipinski definition) is 2. The average molecular weight is 532 g/mol. The molecule has 2 aromatic carbocycles. The maximum atomic E-state index is 12.7. The van der Waals surface area contributed by atoms with Gasteiger partial charge < -0.3 is 20.4 Å². The summed E-state index contributed by atoms with van der Waals surface area (Å²) in [6, 6.07) is 24.1. The van der Waals surface area contributed by atoms with Crippen LogP contribution in [0.2, 0.25) is 0 Å². The van der Waals surface area contributed by atoms with Gasteiger partial charge in [0.1, 0.15) is 0 Å². The van der Waals surface area contributed by atoms with Crippen molar-refractivity contribution in [3.63, 3.8) is 0 Å². The SMILES string of the molecule is CN1CCN(c2ccc(-c3ccc(C(=O)NCCCNC4CCN(Cc5ccccc5)CC4)s3)cc2)CC1. The normalized spacial score (nSPS) is 17.6. The second kappa shape index (κ2) is 13.4. The molecule has 202 valence electrons. The highest BCUT2D eigenvalue weighted by molar-refractivity contribution is 7.17. The Hall–Kier alpha value is -2.71. The molecule has 0 unspecified atom stereocenters. The highest BCUT2D eigenvalue weighted by Crippen LogP contribution is 2.30. The summed E-state index contributed by atoms with van der Waals surface area (Å²) in [4.78, 5) is 22.0. The lowest BCUT2D eigenvalue weighted by Gasteiger charge is -2.34. The highest BCUT2D eigenvalue weighted by Gasteiger charge is 2.19. The molecule has 3 aromatic rings. The molecule has 3 heterocycles. The van der Waals surface area contributed by atoms with Crippen LogP contribution < -0.4 is 15.5 Å². The lowest BCUT2D eigenvalue weighted by molar-refractivity contribution is 0.0957. The molecule has 1 aromatic heterocycles. The Morgan fingerprint density at radius 1 is 0.868 bits per heavy atom. The standard InChI is InChI=1S/C31H41N5OS/c1-34-20-22-36(23-21-34)28-10-8-26(9-11-28)29-12-13-30(38-29)31(37)33-17-5-16-32-27-14-18-35(19-15-27)24-25-6-3-2-4-7-25/h2-4,6-13,27,32H,5,14-24H2,1H3,(H,33,37). The Morgan fingerprint density at radius 2 is 1.61 bits per heavy atom. The fourth-order valence-electron chi connectivity index (χ4n) is 5.34. The number of nitrogens with one attached hydrogen (secondary N) is 2. The maximum Gasteiger partial charge on any atom is 0.261 e. The maximum absolute atomic E-state index is 12.7. The molecule has 0 saturated carbocycles. The number of likely N-dealkylation sites (tertiary alicyclic amines) is 1. The minimum atomic E-state index is 0.0320. The van der Waals surface area contributed by atoms with E-state index in [1.807, 2.05) is 6.07 Å².